The number of halogens is 1. The summed E-state index contributed by atoms with van der Waals surface area (Å²) in [6.45, 7) is 1.15. The van der Waals surface area contributed by atoms with E-state index in [4.69, 9.17) is 15.2 Å². The van der Waals surface area contributed by atoms with Crippen LogP contribution < -0.4 is 22.9 Å². The molecule has 0 saturated carbocycles. The van der Waals surface area contributed by atoms with Crippen LogP contribution in [0.5, 0.6) is 5.75 Å². The molecule has 0 amide bonds. The van der Waals surface area contributed by atoms with Crippen LogP contribution in [0.2, 0.25) is 0 Å². The molecule has 3 nitrogen and oxygen atoms in total. The maximum Gasteiger partial charge on any atom is 0.121 e. The van der Waals surface area contributed by atoms with Crippen LogP contribution in [-0.4, -0.2) is 20.3 Å². The van der Waals surface area contributed by atoms with E-state index in [1.807, 2.05) is 18.2 Å². The molecule has 0 aliphatic rings. The third-order valence-electron chi connectivity index (χ3n) is 1.41. The molecular formula is C9H13ClNO2-. The molecule has 13 heavy (non-hydrogen) atoms. The van der Waals surface area contributed by atoms with Crippen molar-refractivity contribution >= 4 is 5.69 Å². The van der Waals surface area contributed by atoms with Gasteiger partial charge in [-0.15, -0.1) is 0 Å². The quantitative estimate of drug-likeness (QED) is 0.468. The second-order valence-electron chi connectivity index (χ2n) is 2.41. The highest BCUT2D eigenvalue weighted by atomic mass is 35.5. The lowest BCUT2D eigenvalue weighted by atomic mass is 10.3. The Labute approximate surface area is 84.2 Å². The van der Waals surface area contributed by atoms with Crippen molar-refractivity contribution in [1.29, 1.82) is 0 Å². The molecule has 0 atom stereocenters. The van der Waals surface area contributed by atoms with Crippen molar-refractivity contribution < 1.29 is 21.9 Å². The van der Waals surface area contributed by atoms with Gasteiger partial charge in [-0.3, -0.25) is 0 Å². The summed E-state index contributed by atoms with van der Waals surface area (Å²) < 4.78 is 10.2. The van der Waals surface area contributed by atoms with Gasteiger partial charge in [0.25, 0.3) is 0 Å². The smallest absolute Gasteiger partial charge is 0.121 e. The molecule has 0 radical (unpaired) electrons. The lowest BCUT2D eigenvalue weighted by molar-refractivity contribution is -0.00000316. The van der Waals surface area contributed by atoms with E-state index in [1.54, 1.807) is 13.2 Å². The first kappa shape index (κ1) is 12.1. The summed E-state index contributed by atoms with van der Waals surface area (Å²) in [4.78, 5) is 0. The van der Waals surface area contributed by atoms with Crippen LogP contribution in [0.15, 0.2) is 24.3 Å². The zero-order valence-corrected chi connectivity index (χ0v) is 8.25. The molecule has 0 aliphatic heterocycles. The molecule has 1 rings (SSSR count). The molecule has 1 aromatic carbocycles. The van der Waals surface area contributed by atoms with E-state index in [1.165, 1.54) is 0 Å². The first-order valence-electron chi connectivity index (χ1n) is 3.80. The van der Waals surface area contributed by atoms with Gasteiger partial charge >= 0.3 is 0 Å². The summed E-state index contributed by atoms with van der Waals surface area (Å²) in [6.07, 6.45) is 0. The number of rotatable bonds is 4. The Balaban J connectivity index is 0.00000144. The predicted octanol–water partition coefficient (Wildman–Crippen LogP) is -1.70. The zero-order chi connectivity index (χ0) is 8.81. The number of methoxy groups -OCH3 is 1. The molecule has 1 aromatic rings. The van der Waals surface area contributed by atoms with Crippen molar-refractivity contribution in [3.63, 3.8) is 0 Å². The fourth-order valence-corrected chi connectivity index (χ4v) is 0.847. The SMILES string of the molecule is COCCOc1cccc(N)c1.[Cl-]. The van der Waals surface area contributed by atoms with E-state index < -0.39 is 0 Å². The summed E-state index contributed by atoms with van der Waals surface area (Å²) in [7, 11) is 1.64. The molecule has 74 valence electrons. The zero-order valence-electron chi connectivity index (χ0n) is 7.50. The molecule has 4 heteroatoms. The Morgan fingerprint density at radius 3 is 2.69 bits per heavy atom. The largest absolute Gasteiger partial charge is 1.00 e. The predicted molar refractivity (Wildman–Crippen MR) is 48.2 cm³/mol. The molecular weight excluding hydrogens is 190 g/mol. The van der Waals surface area contributed by atoms with Crippen molar-refractivity contribution in [1.82, 2.24) is 0 Å². The molecule has 0 saturated heterocycles. The average molecular weight is 203 g/mol. The maximum atomic E-state index is 5.55. The summed E-state index contributed by atoms with van der Waals surface area (Å²) in [5.41, 5.74) is 6.26. The van der Waals surface area contributed by atoms with Crippen LogP contribution in [0, 0.1) is 0 Å². The van der Waals surface area contributed by atoms with Gasteiger partial charge in [0.15, 0.2) is 0 Å². The van der Waals surface area contributed by atoms with Crippen LogP contribution in [0.25, 0.3) is 0 Å². The first-order chi connectivity index (χ1) is 5.83. The monoisotopic (exact) mass is 202 g/mol. The number of nitrogens with two attached hydrogens (primary N) is 1. The average Bonchev–Trinajstić information content (AvgIpc) is 2.05. The van der Waals surface area contributed by atoms with Gasteiger partial charge in [-0.2, -0.15) is 0 Å². The van der Waals surface area contributed by atoms with Crippen LogP contribution in [-0.2, 0) is 4.74 Å². The van der Waals surface area contributed by atoms with Gasteiger partial charge in [-0.05, 0) is 12.1 Å². The maximum absolute atomic E-state index is 5.55. The number of hydrogen-bond donors (Lipinski definition) is 1. The van der Waals surface area contributed by atoms with E-state index in [0.717, 1.165) is 5.75 Å². The van der Waals surface area contributed by atoms with Gasteiger partial charge in [0, 0.05) is 18.9 Å². The van der Waals surface area contributed by atoms with E-state index in [0.29, 0.717) is 18.9 Å². The summed E-state index contributed by atoms with van der Waals surface area (Å²) >= 11 is 0. The van der Waals surface area contributed by atoms with Crippen LogP contribution in [0.3, 0.4) is 0 Å². The molecule has 0 aliphatic carbocycles. The van der Waals surface area contributed by atoms with E-state index in [2.05, 4.69) is 0 Å². The lowest BCUT2D eigenvalue weighted by Crippen LogP contribution is -3.00. The van der Waals surface area contributed by atoms with Crippen molar-refractivity contribution in [2.75, 3.05) is 26.1 Å². The Hall–Kier alpha value is -0.930. The normalized spacial score (nSPS) is 9.00. The van der Waals surface area contributed by atoms with Gasteiger partial charge in [0.05, 0.1) is 6.61 Å². The third-order valence-corrected chi connectivity index (χ3v) is 1.41. The highest BCUT2D eigenvalue weighted by Gasteiger charge is 1.92. The Bertz CT molecular complexity index is 243. The Morgan fingerprint density at radius 2 is 2.08 bits per heavy atom. The summed E-state index contributed by atoms with van der Waals surface area (Å²) in [5.74, 6) is 0.784. The molecule has 0 bridgehead atoms. The van der Waals surface area contributed by atoms with Crippen molar-refractivity contribution in [2.45, 2.75) is 0 Å². The third kappa shape index (κ3) is 4.60. The molecule has 0 aromatic heterocycles. The van der Waals surface area contributed by atoms with Crippen LogP contribution in [0.1, 0.15) is 0 Å². The highest BCUT2D eigenvalue weighted by Crippen LogP contribution is 2.13. The molecule has 0 unspecified atom stereocenters. The standard InChI is InChI=1S/C9H13NO2.ClH/c1-11-5-6-12-9-4-2-3-8(10)7-9;/h2-4,7H,5-6,10H2,1H3;1H/p-1. The minimum Gasteiger partial charge on any atom is -1.00 e. The van der Waals surface area contributed by atoms with Crippen molar-refractivity contribution in [3.05, 3.63) is 24.3 Å². The number of hydrogen-bond acceptors (Lipinski definition) is 3. The second-order valence-corrected chi connectivity index (χ2v) is 2.41. The highest BCUT2D eigenvalue weighted by molar-refractivity contribution is 5.43. The lowest BCUT2D eigenvalue weighted by Gasteiger charge is -2.05. The van der Waals surface area contributed by atoms with Crippen molar-refractivity contribution in [2.24, 2.45) is 0 Å². The number of nitrogen functional groups attached to an aromatic ring is 1. The Kier molecular flexibility index (Phi) is 6.10. The molecule has 2 N–H and O–H groups in total. The fourth-order valence-electron chi connectivity index (χ4n) is 0.847. The van der Waals surface area contributed by atoms with Gasteiger partial charge in [0.1, 0.15) is 12.4 Å². The minimum absolute atomic E-state index is 0. The van der Waals surface area contributed by atoms with E-state index in [-0.39, 0.29) is 12.4 Å². The van der Waals surface area contributed by atoms with Crippen molar-refractivity contribution in [3.8, 4) is 5.75 Å². The first-order valence-corrected chi connectivity index (χ1v) is 3.80. The van der Waals surface area contributed by atoms with Gasteiger partial charge in [-0.1, -0.05) is 6.07 Å². The summed E-state index contributed by atoms with van der Waals surface area (Å²) in [6, 6.07) is 7.34. The number of ether oxygens (including phenoxy) is 2. The topological polar surface area (TPSA) is 44.5 Å². The molecule has 0 spiro atoms. The fraction of sp³-hybridized carbons (Fsp3) is 0.333. The van der Waals surface area contributed by atoms with Gasteiger partial charge in [0.2, 0.25) is 0 Å². The van der Waals surface area contributed by atoms with E-state index >= 15 is 0 Å². The summed E-state index contributed by atoms with van der Waals surface area (Å²) in [5, 5.41) is 0. The van der Waals surface area contributed by atoms with Crippen LogP contribution >= 0.6 is 0 Å². The van der Waals surface area contributed by atoms with Crippen LogP contribution in [0.4, 0.5) is 5.69 Å². The Morgan fingerprint density at radius 1 is 1.31 bits per heavy atom. The second kappa shape index (κ2) is 6.57. The molecule has 0 heterocycles. The molecule has 0 fully saturated rings. The van der Waals surface area contributed by atoms with Gasteiger partial charge in [-0.25, -0.2) is 0 Å². The number of anilines is 1. The van der Waals surface area contributed by atoms with E-state index in [9.17, 15) is 0 Å². The minimum atomic E-state index is 0. The number of benzene rings is 1. The van der Waals surface area contributed by atoms with Gasteiger partial charge < -0.3 is 27.6 Å².